The van der Waals surface area contributed by atoms with Crippen LogP contribution >= 0.6 is 11.6 Å². The molecule has 0 radical (unpaired) electrons. The van der Waals surface area contributed by atoms with E-state index < -0.39 is 4.92 Å². The van der Waals surface area contributed by atoms with E-state index in [0.717, 1.165) is 13.1 Å². The van der Waals surface area contributed by atoms with E-state index >= 15 is 0 Å². The van der Waals surface area contributed by atoms with Crippen molar-refractivity contribution in [3.05, 3.63) is 33.3 Å². The van der Waals surface area contributed by atoms with Gasteiger partial charge in [-0.2, -0.15) is 0 Å². The van der Waals surface area contributed by atoms with E-state index in [1.807, 2.05) is 18.7 Å². The van der Waals surface area contributed by atoms with Crippen LogP contribution in [-0.2, 0) is 0 Å². The first-order valence-electron chi connectivity index (χ1n) is 4.79. The van der Waals surface area contributed by atoms with Crippen LogP contribution < -0.4 is 4.90 Å². The highest BCUT2D eigenvalue weighted by Crippen LogP contribution is 2.34. The maximum atomic E-state index is 10.9. The van der Waals surface area contributed by atoms with Gasteiger partial charge in [-0.25, -0.2) is 0 Å². The number of rotatable bonds is 4. The summed E-state index contributed by atoms with van der Waals surface area (Å²) in [6.45, 7) is 5.34. The smallest absolute Gasteiger partial charge is 0.310 e. The maximum Gasteiger partial charge on any atom is 0.310 e. The molecule has 0 atom stereocenters. The first-order valence-corrected chi connectivity index (χ1v) is 5.17. The van der Waals surface area contributed by atoms with Crippen LogP contribution in [0.3, 0.4) is 0 Å². The topological polar surface area (TPSA) is 46.4 Å². The molecular formula is C10H13ClN2O2. The molecule has 0 aliphatic rings. The summed E-state index contributed by atoms with van der Waals surface area (Å²) < 4.78 is 0. The van der Waals surface area contributed by atoms with Gasteiger partial charge in [-0.3, -0.25) is 10.1 Å². The Morgan fingerprint density at radius 1 is 1.40 bits per heavy atom. The Bertz CT molecular complexity index is 364. The molecule has 0 fully saturated rings. The molecule has 0 bridgehead atoms. The van der Waals surface area contributed by atoms with E-state index in [9.17, 15) is 10.1 Å². The fraction of sp³-hybridized carbons (Fsp3) is 0.400. The summed E-state index contributed by atoms with van der Waals surface area (Å²) in [5, 5.41) is 11.1. The van der Waals surface area contributed by atoms with Gasteiger partial charge >= 0.3 is 5.69 Å². The number of para-hydroxylation sites is 1. The molecule has 0 saturated heterocycles. The van der Waals surface area contributed by atoms with E-state index in [1.165, 1.54) is 6.07 Å². The van der Waals surface area contributed by atoms with Crippen LogP contribution in [0, 0.1) is 10.1 Å². The fourth-order valence-electron chi connectivity index (χ4n) is 1.50. The summed E-state index contributed by atoms with van der Waals surface area (Å²) in [7, 11) is 0. The molecule has 0 spiro atoms. The van der Waals surface area contributed by atoms with Crippen molar-refractivity contribution in [2.75, 3.05) is 18.0 Å². The Balaban J connectivity index is 3.27. The van der Waals surface area contributed by atoms with Crippen molar-refractivity contribution in [1.82, 2.24) is 0 Å². The molecule has 0 amide bonds. The first kappa shape index (κ1) is 11.8. The predicted molar refractivity (Wildman–Crippen MR) is 61.7 cm³/mol. The van der Waals surface area contributed by atoms with E-state index in [0.29, 0.717) is 5.69 Å². The molecule has 0 aromatic heterocycles. The summed E-state index contributed by atoms with van der Waals surface area (Å²) in [6, 6.07) is 4.98. The van der Waals surface area contributed by atoms with E-state index in [2.05, 4.69) is 0 Å². The highest BCUT2D eigenvalue weighted by Gasteiger charge is 2.21. The Kier molecular flexibility index (Phi) is 3.91. The molecule has 0 N–H and O–H groups in total. The predicted octanol–water partition coefficient (Wildman–Crippen LogP) is 3.09. The summed E-state index contributed by atoms with van der Waals surface area (Å²) in [6.07, 6.45) is 0. The molecule has 5 heteroatoms. The number of nitro groups is 1. The maximum absolute atomic E-state index is 10.9. The van der Waals surface area contributed by atoms with Gasteiger partial charge < -0.3 is 4.90 Å². The average molecular weight is 229 g/mol. The largest absolute Gasteiger partial charge is 0.366 e. The summed E-state index contributed by atoms with van der Waals surface area (Å²) in [4.78, 5) is 12.3. The van der Waals surface area contributed by atoms with Gasteiger partial charge in [-0.05, 0) is 26.0 Å². The zero-order chi connectivity index (χ0) is 11.4. The normalized spacial score (nSPS) is 10.1. The van der Waals surface area contributed by atoms with Crippen LogP contribution in [0.25, 0.3) is 0 Å². The van der Waals surface area contributed by atoms with Crippen molar-refractivity contribution in [2.45, 2.75) is 13.8 Å². The van der Waals surface area contributed by atoms with Gasteiger partial charge in [0, 0.05) is 13.1 Å². The minimum atomic E-state index is -0.435. The molecule has 0 aliphatic heterocycles. The van der Waals surface area contributed by atoms with Crippen LogP contribution in [-0.4, -0.2) is 18.0 Å². The third kappa shape index (κ3) is 2.39. The number of hydrogen-bond acceptors (Lipinski definition) is 3. The lowest BCUT2D eigenvalue weighted by Gasteiger charge is -2.20. The Labute approximate surface area is 93.6 Å². The zero-order valence-corrected chi connectivity index (χ0v) is 9.49. The van der Waals surface area contributed by atoms with Crippen LogP contribution in [0.4, 0.5) is 11.4 Å². The quantitative estimate of drug-likeness (QED) is 0.588. The second-order valence-corrected chi connectivity index (χ2v) is 3.44. The Hall–Kier alpha value is -1.29. The average Bonchev–Trinajstić information content (AvgIpc) is 2.19. The molecule has 0 heterocycles. The van der Waals surface area contributed by atoms with E-state index in [-0.39, 0.29) is 10.7 Å². The minimum Gasteiger partial charge on any atom is -0.366 e. The van der Waals surface area contributed by atoms with Crippen LogP contribution in [0.5, 0.6) is 0 Å². The Morgan fingerprint density at radius 3 is 2.47 bits per heavy atom. The van der Waals surface area contributed by atoms with Gasteiger partial charge in [-0.15, -0.1) is 0 Å². The van der Waals surface area contributed by atoms with Crippen molar-refractivity contribution in [1.29, 1.82) is 0 Å². The van der Waals surface area contributed by atoms with Crippen LogP contribution in [0.2, 0.25) is 5.02 Å². The van der Waals surface area contributed by atoms with Crippen LogP contribution in [0.1, 0.15) is 13.8 Å². The van der Waals surface area contributed by atoms with Gasteiger partial charge in [0.05, 0.1) is 4.92 Å². The minimum absolute atomic E-state index is 0.0112. The molecule has 0 saturated carbocycles. The van der Waals surface area contributed by atoms with Gasteiger partial charge in [-0.1, -0.05) is 17.7 Å². The number of anilines is 1. The molecule has 0 unspecified atom stereocenters. The molecule has 0 aliphatic carbocycles. The fourth-order valence-corrected chi connectivity index (χ4v) is 1.74. The van der Waals surface area contributed by atoms with E-state index in [4.69, 9.17) is 11.6 Å². The molecule has 15 heavy (non-hydrogen) atoms. The lowest BCUT2D eigenvalue weighted by molar-refractivity contribution is -0.384. The lowest BCUT2D eigenvalue weighted by atomic mass is 10.2. The summed E-state index contributed by atoms with van der Waals surface area (Å²) >= 11 is 5.81. The molecule has 4 nitrogen and oxygen atoms in total. The highest BCUT2D eigenvalue weighted by molar-refractivity contribution is 6.33. The first-order chi connectivity index (χ1) is 7.11. The second-order valence-electron chi connectivity index (χ2n) is 3.04. The number of benzene rings is 1. The van der Waals surface area contributed by atoms with Crippen molar-refractivity contribution >= 4 is 23.0 Å². The number of nitro benzene ring substituents is 1. The second kappa shape index (κ2) is 4.98. The zero-order valence-electron chi connectivity index (χ0n) is 8.74. The van der Waals surface area contributed by atoms with Gasteiger partial charge in [0.15, 0.2) is 0 Å². The molecule has 82 valence electrons. The Morgan fingerprint density at radius 2 is 2.00 bits per heavy atom. The number of hydrogen-bond donors (Lipinski definition) is 0. The molecule has 1 aromatic carbocycles. The third-order valence-electron chi connectivity index (χ3n) is 2.25. The van der Waals surface area contributed by atoms with Crippen molar-refractivity contribution < 1.29 is 4.92 Å². The highest BCUT2D eigenvalue weighted by atomic mass is 35.5. The SMILES string of the molecule is CCN(CC)c1cccc(Cl)c1[N+](=O)[O-]. The van der Waals surface area contributed by atoms with Gasteiger partial charge in [0.2, 0.25) is 0 Å². The molecule has 1 rings (SSSR count). The number of nitrogens with zero attached hydrogens (tertiary/aromatic N) is 2. The standard InChI is InChI=1S/C10H13ClN2O2/c1-3-12(4-2)9-7-5-6-8(11)10(9)13(14)15/h5-7H,3-4H2,1-2H3. The molecule has 1 aromatic rings. The summed E-state index contributed by atoms with van der Waals surface area (Å²) in [5.74, 6) is 0. The van der Waals surface area contributed by atoms with Crippen molar-refractivity contribution in [3.8, 4) is 0 Å². The van der Waals surface area contributed by atoms with Gasteiger partial charge in [0.1, 0.15) is 10.7 Å². The molecular weight excluding hydrogens is 216 g/mol. The van der Waals surface area contributed by atoms with Crippen molar-refractivity contribution in [3.63, 3.8) is 0 Å². The van der Waals surface area contributed by atoms with Crippen molar-refractivity contribution in [2.24, 2.45) is 0 Å². The summed E-state index contributed by atoms with van der Waals surface area (Å²) in [5.41, 5.74) is 0.570. The lowest BCUT2D eigenvalue weighted by Crippen LogP contribution is -2.22. The monoisotopic (exact) mass is 228 g/mol. The van der Waals surface area contributed by atoms with E-state index in [1.54, 1.807) is 12.1 Å². The van der Waals surface area contributed by atoms with Gasteiger partial charge in [0.25, 0.3) is 0 Å². The number of halogens is 1. The van der Waals surface area contributed by atoms with Crippen LogP contribution in [0.15, 0.2) is 18.2 Å². The third-order valence-corrected chi connectivity index (χ3v) is 2.56.